The van der Waals surface area contributed by atoms with Crippen molar-refractivity contribution in [2.45, 2.75) is 470 Å². The predicted molar refractivity (Wildman–Crippen MR) is 506 cm³/mol. The van der Waals surface area contributed by atoms with Crippen LogP contribution in [0.2, 0.25) is 0 Å². The monoisotopic (exact) mass is 1510 g/mol. The first-order chi connectivity index (χ1) is 52.5. The standard InChI is InChI=1S/C13H24.2C10H12.2C9H18.3C8H16.2C7H14.4C5H10/c1-3-7-12(8-4-1)11-13-9-5-2-6-10-13;2*1-3-9(2)10-7-5-4-6-8-10;2*1-9-7-5-3-2-4-6-8-9;2*1-8-6-4-2-3-5-7-8;1-2-8-6-4-3-5-7-8;2*1-7-5-3-2-4-6-7;4*1-4-5(2)3/h12-13H,1-11H2;2*3-9H,1H2,2H3;2*9H,2-8H2,1H3;3*8H,2-7H2,1H3;2*7H,2-6H2,1H3;4*4-5H,1H2,2-3H3. The van der Waals surface area contributed by atoms with Gasteiger partial charge in [0, 0.05) is 0 Å². The number of allylic oxidation sites excluding steroid dienone is 6. The smallest absolute Gasteiger partial charge is 0.00131 e. The maximum atomic E-state index is 3.74. The summed E-state index contributed by atoms with van der Waals surface area (Å²) in [5.41, 5.74) is 2.66. The van der Waals surface area contributed by atoms with Gasteiger partial charge in [0.2, 0.25) is 0 Å². The average molecular weight is 1510 g/mol. The Labute approximate surface area is 690 Å². The van der Waals surface area contributed by atoms with Crippen molar-refractivity contribution in [3.8, 4) is 0 Å². The lowest BCUT2D eigenvalue weighted by molar-refractivity contribution is 0.244. The van der Waals surface area contributed by atoms with Gasteiger partial charge in [0.15, 0.2) is 0 Å². The van der Waals surface area contributed by atoms with Crippen molar-refractivity contribution < 1.29 is 0 Å². The maximum Gasteiger partial charge on any atom is -0.00131 e. The molecular formula is C109H200. The van der Waals surface area contributed by atoms with Crippen LogP contribution in [0.15, 0.2) is 137 Å². The molecule has 9 aliphatic carbocycles. The quantitative estimate of drug-likeness (QED) is 0.155. The van der Waals surface area contributed by atoms with Crippen LogP contribution in [-0.2, 0) is 0 Å². The predicted octanol–water partition coefficient (Wildman–Crippen LogP) is 38.6. The van der Waals surface area contributed by atoms with Gasteiger partial charge in [0.25, 0.3) is 0 Å². The molecule has 0 heteroatoms. The van der Waals surface area contributed by atoms with Crippen LogP contribution in [0.4, 0.5) is 0 Å². The molecule has 0 aliphatic heterocycles. The summed E-state index contributed by atoms with van der Waals surface area (Å²) >= 11 is 0. The van der Waals surface area contributed by atoms with Crippen LogP contribution in [0.5, 0.6) is 0 Å². The zero-order chi connectivity index (χ0) is 81.6. The van der Waals surface area contributed by atoms with E-state index in [1.54, 1.807) is 32.1 Å². The van der Waals surface area contributed by atoms with Crippen LogP contribution < -0.4 is 0 Å². The van der Waals surface area contributed by atoms with Crippen molar-refractivity contribution in [2.24, 2.45) is 76.9 Å². The molecule has 2 aromatic carbocycles. The highest BCUT2D eigenvalue weighted by atomic mass is 14.3. The Balaban J connectivity index is -0.00000112. The molecule has 0 heterocycles. The molecule has 2 atom stereocenters. The SMILES string of the molecule is C1CCC(CC2CCCCC2)CC1.C=CC(C)C.C=CC(C)C.C=CC(C)C.C=CC(C)C.C=CC(C)c1ccccc1.C=CC(C)c1ccccc1.CC1CCCCC1.CC1CCCCC1.CC1CCCCCC1.CC1CCCCCC1.CC1CCCCCCC1.CC1CCCCCCC1.CCC1CCCCC1. The Morgan fingerprint density at radius 2 is 0.376 bits per heavy atom. The molecule has 0 radical (unpaired) electrons. The summed E-state index contributed by atoms with van der Waals surface area (Å²) in [6, 6.07) is 20.7. The fourth-order valence-electron chi connectivity index (χ4n) is 15.6. The molecule has 109 heavy (non-hydrogen) atoms. The highest BCUT2D eigenvalue weighted by molar-refractivity contribution is 5.22. The first-order valence-corrected chi connectivity index (χ1v) is 48.4. The summed E-state index contributed by atoms with van der Waals surface area (Å²) in [7, 11) is 0. The Bertz CT molecular complexity index is 1920. The van der Waals surface area contributed by atoms with Gasteiger partial charge in [-0.05, 0) is 106 Å². The molecule has 2 aromatic rings. The average Bonchev–Trinajstić information content (AvgIpc) is 1.38. The molecule has 11 rings (SSSR count). The largest absolute Gasteiger partial charge is 0.103 e. The Kier molecular flexibility index (Phi) is 83.6. The van der Waals surface area contributed by atoms with Gasteiger partial charge in [0.05, 0.1) is 0 Å². The van der Waals surface area contributed by atoms with E-state index in [0.29, 0.717) is 35.5 Å². The topological polar surface area (TPSA) is 0 Å². The van der Waals surface area contributed by atoms with E-state index in [1.165, 1.54) is 319 Å². The maximum absolute atomic E-state index is 3.74. The summed E-state index contributed by atoms with van der Waals surface area (Å²) < 4.78 is 0. The molecule has 9 aliphatic rings. The second-order valence-corrected chi connectivity index (χ2v) is 37.5. The van der Waals surface area contributed by atoms with Crippen LogP contribution in [-0.4, -0.2) is 0 Å². The van der Waals surface area contributed by atoms with E-state index < -0.39 is 0 Å². The van der Waals surface area contributed by atoms with Gasteiger partial charge in [-0.1, -0.05) is 549 Å². The molecule has 9 fully saturated rings. The van der Waals surface area contributed by atoms with Gasteiger partial charge in [0.1, 0.15) is 0 Å². The molecule has 0 N–H and O–H groups in total. The molecular weight excluding hydrogens is 1310 g/mol. The number of hydrogen-bond donors (Lipinski definition) is 0. The van der Waals surface area contributed by atoms with Crippen molar-refractivity contribution in [2.75, 3.05) is 0 Å². The van der Waals surface area contributed by atoms with Crippen molar-refractivity contribution in [3.63, 3.8) is 0 Å². The molecule has 636 valence electrons. The summed E-state index contributed by atoms with van der Waals surface area (Å²) in [4.78, 5) is 0. The molecule has 0 nitrogen and oxygen atoms in total. The third-order valence-corrected chi connectivity index (χ3v) is 24.5. The highest BCUT2D eigenvalue weighted by Crippen LogP contribution is 2.35. The Morgan fingerprint density at radius 1 is 0.229 bits per heavy atom. The van der Waals surface area contributed by atoms with Crippen molar-refractivity contribution in [3.05, 3.63) is 148 Å². The lowest BCUT2D eigenvalue weighted by atomic mass is 9.78. The second-order valence-electron chi connectivity index (χ2n) is 37.5. The minimum atomic E-state index is 0.473. The van der Waals surface area contributed by atoms with Crippen LogP contribution >= 0.6 is 0 Å². The number of benzene rings is 2. The third-order valence-electron chi connectivity index (χ3n) is 24.5. The third kappa shape index (κ3) is 81.3. The van der Waals surface area contributed by atoms with Gasteiger partial charge in [-0.15, -0.1) is 39.5 Å². The van der Waals surface area contributed by atoms with Crippen LogP contribution in [0.1, 0.15) is 481 Å². The molecule has 0 aromatic heterocycles. The van der Waals surface area contributed by atoms with E-state index in [1.807, 2.05) is 48.6 Å². The van der Waals surface area contributed by atoms with Crippen molar-refractivity contribution >= 4 is 0 Å². The Hall–Kier alpha value is -3.12. The summed E-state index contributed by atoms with van der Waals surface area (Å²) in [5, 5.41) is 0. The van der Waals surface area contributed by atoms with Crippen LogP contribution in [0.3, 0.4) is 0 Å². The first kappa shape index (κ1) is 110. The zero-order valence-electron chi connectivity index (χ0n) is 77.6. The summed E-state index contributed by atoms with van der Waals surface area (Å²) in [5.74, 6) is 13.0. The van der Waals surface area contributed by atoms with E-state index in [-0.39, 0.29) is 0 Å². The molecule has 0 bridgehead atoms. The van der Waals surface area contributed by atoms with Gasteiger partial charge in [-0.3, -0.25) is 0 Å². The number of rotatable bonds is 11. The molecule has 2 unspecified atom stereocenters. The molecule has 0 amide bonds. The van der Waals surface area contributed by atoms with E-state index in [0.717, 1.165) is 53.3 Å². The Morgan fingerprint density at radius 3 is 0.523 bits per heavy atom. The second kappa shape index (κ2) is 82.8. The van der Waals surface area contributed by atoms with Gasteiger partial charge < -0.3 is 0 Å². The zero-order valence-corrected chi connectivity index (χ0v) is 77.6. The minimum absolute atomic E-state index is 0.473. The van der Waals surface area contributed by atoms with E-state index in [4.69, 9.17) is 0 Å². The van der Waals surface area contributed by atoms with Crippen LogP contribution in [0, 0.1) is 76.9 Å². The van der Waals surface area contributed by atoms with Gasteiger partial charge in [-0.25, -0.2) is 0 Å². The van der Waals surface area contributed by atoms with E-state index >= 15 is 0 Å². The van der Waals surface area contributed by atoms with Crippen molar-refractivity contribution in [1.29, 1.82) is 0 Å². The summed E-state index contributed by atoms with van der Waals surface area (Å²) in [6.07, 6.45) is 91.0. The summed E-state index contributed by atoms with van der Waals surface area (Å²) in [6.45, 7) is 59.4. The fourth-order valence-corrected chi connectivity index (χ4v) is 15.6. The normalized spacial score (nSPS) is 20.0. The molecule has 9 saturated carbocycles. The fraction of sp³-hybridized carbons (Fsp3) is 0.780. The minimum Gasteiger partial charge on any atom is -0.103 e. The number of hydrogen-bond acceptors (Lipinski definition) is 0. The van der Waals surface area contributed by atoms with Crippen molar-refractivity contribution in [1.82, 2.24) is 0 Å². The van der Waals surface area contributed by atoms with E-state index in [9.17, 15) is 0 Å². The molecule has 0 saturated heterocycles. The van der Waals surface area contributed by atoms with E-state index in [2.05, 4.69) is 206 Å². The van der Waals surface area contributed by atoms with Gasteiger partial charge in [-0.2, -0.15) is 0 Å². The lowest BCUT2D eigenvalue weighted by Crippen LogP contribution is -2.14. The van der Waals surface area contributed by atoms with Crippen LogP contribution in [0.25, 0.3) is 0 Å². The first-order valence-electron chi connectivity index (χ1n) is 48.4. The lowest BCUT2D eigenvalue weighted by Gasteiger charge is -2.28. The highest BCUT2D eigenvalue weighted by Gasteiger charge is 2.21. The van der Waals surface area contributed by atoms with Gasteiger partial charge >= 0.3 is 0 Å². The molecule has 0 spiro atoms.